The molecule has 2 fully saturated rings. The molecule has 13 heteroatoms. The maximum absolute atomic E-state index is 12.5. The van der Waals surface area contributed by atoms with Crippen molar-refractivity contribution in [3.05, 3.63) is 0 Å². The summed E-state index contributed by atoms with van der Waals surface area (Å²) in [6.07, 6.45) is -4.63. The molecule has 0 radical (unpaired) electrons. The van der Waals surface area contributed by atoms with E-state index in [2.05, 4.69) is 5.32 Å². The zero-order valence-electron chi connectivity index (χ0n) is 17.7. The van der Waals surface area contributed by atoms with E-state index in [1.54, 1.807) is 13.8 Å². The molecule has 0 unspecified atom stereocenters. The molecule has 0 bridgehead atoms. The lowest BCUT2D eigenvalue weighted by Gasteiger charge is -2.47. The number of carbonyl (C=O) groups excluding carboxylic acids is 2. The summed E-state index contributed by atoms with van der Waals surface area (Å²) in [6, 6.07) is -1.16. The Bertz CT molecular complexity index is 755. The summed E-state index contributed by atoms with van der Waals surface area (Å²) in [4.78, 5) is 24.3. The fourth-order valence-corrected chi connectivity index (χ4v) is 4.19. The van der Waals surface area contributed by atoms with E-state index in [0.717, 1.165) is 20.5 Å². The number of aliphatic hydroxyl groups excluding tert-OH is 1. The first kappa shape index (κ1) is 24.9. The van der Waals surface area contributed by atoms with Gasteiger partial charge in [-0.2, -0.15) is 8.42 Å². The molecule has 0 aliphatic carbocycles. The Kier molecular flexibility index (Phi) is 7.49. The van der Waals surface area contributed by atoms with Crippen LogP contribution in [0.2, 0.25) is 0 Å². The second-order valence-electron chi connectivity index (χ2n) is 7.66. The van der Waals surface area contributed by atoms with Gasteiger partial charge in [0, 0.05) is 20.5 Å². The van der Waals surface area contributed by atoms with Crippen LogP contribution in [0.3, 0.4) is 0 Å². The molecule has 174 valence electrons. The number of rotatable bonds is 7. The normalized spacial score (nSPS) is 34.9. The van der Waals surface area contributed by atoms with E-state index >= 15 is 0 Å². The molecule has 0 aromatic carbocycles. The molecule has 2 N–H and O–H groups in total. The number of amides is 1. The summed E-state index contributed by atoms with van der Waals surface area (Å²) in [5, 5.41) is 13.5. The summed E-state index contributed by atoms with van der Waals surface area (Å²) in [7, 11) is -1.76. The van der Waals surface area contributed by atoms with E-state index in [1.165, 1.54) is 6.92 Å². The first-order valence-electron chi connectivity index (χ1n) is 9.20. The van der Waals surface area contributed by atoms with Crippen molar-refractivity contribution in [2.75, 3.05) is 27.1 Å². The lowest BCUT2D eigenvalue weighted by atomic mass is 9.88. The number of methoxy groups -OCH3 is 2. The van der Waals surface area contributed by atoms with Crippen molar-refractivity contribution >= 4 is 22.0 Å². The third-order valence-electron chi connectivity index (χ3n) is 4.79. The molecule has 0 spiro atoms. The minimum atomic E-state index is -4.02. The second kappa shape index (κ2) is 9.02. The fourth-order valence-electron chi connectivity index (χ4n) is 3.55. The van der Waals surface area contributed by atoms with Crippen LogP contribution in [-0.4, -0.2) is 94.5 Å². The predicted octanol–water partition coefficient (Wildman–Crippen LogP) is -1.35. The molecular formula is C17H29NO11S. The lowest BCUT2D eigenvalue weighted by molar-refractivity contribution is -0.303. The van der Waals surface area contributed by atoms with Gasteiger partial charge in [0.05, 0.1) is 26.0 Å². The summed E-state index contributed by atoms with van der Waals surface area (Å²) < 4.78 is 55.7. The standard InChI is InChI=1S/C17H29NO11S/c1-9(19)18-12-10(29-30(6,22)23)7-17(25-5,15(21)24-4)28-14(12)13(20)11-8-26-16(2,3)27-11/h10-14,20H,7-8H2,1-6H3,(H,18,19)/t10-,11+,12+,13+,14+,17+/m0/s1. The van der Waals surface area contributed by atoms with E-state index < -0.39 is 70.4 Å². The van der Waals surface area contributed by atoms with Gasteiger partial charge in [0.2, 0.25) is 5.91 Å². The molecule has 2 rings (SSSR count). The van der Waals surface area contributed by atoms with Gasteiger partial charge in [0.25, 0.3) is 15.9 Å². The average Bonchev–Trinajstić information content (AvgIpc) is 3.00. The van der Waals surface area contributed by atoms with Crippen LogP contribution in [0.4, 0.5) is 0 Å². The highest BCUT2D eigenvalue weighted by molar-refractivity contribution is 7.86. The predicted molar refractivity (Wildman–Crippen MR) is 99.5 cm³/mol. The maximum Gasteiger partial charge on any atom is 0.366 e. The van der Waals surface area contributed by atoms with Crippen molar-refractivity contribution in [2.24, 2.45) is 0 Å². The number of carbonyl (C=O) groups is 2. The van der Waals surface area contributed by atoms with Crippen LogP contribution in [-0.2, 0) is 47.6 Å². The minimum absolute atomic E-state index is 0.00335. The van der Waals surface area contributed by atoms with Crippen molar-refractivity contribution in [3.8, 4) is 0 Å². The summed E-state index contributed by atoms with van der Waals surface area (Å²) in [5.41, 5.74) is 0. The Labute approximate surface area is 175 Å². The van der Waals surface area contributed by atoms with E-state index in [1.807, 2.05) is 0 Å². The van der Waals surface area contributed by atoms with Gasteiger partial charge < -0.3 is 34.1 Å². The average molecular weight is 455 g/mol. The summed E-state index contributed by atoms with van der Waals surface area (Å²) >= 11 is 0. The Hall–Kier alpha value is -1.35. The summed E-state index contributed by atoms with van der Waals surface area (Å²) in [5.74, 6) is -4.56. The number of aliphatic hydroxyl groups is 1. The Morgan fingerprint density at radius 2 is 1.87 bits per heavy atom. The largest absolute Gasteiger partial charge is 0.465 e. The van der Waals surface area contributed by atoms with Gasteiger partial charge in [-0.25, -0.2) is 4.79 Å². The van der Waals surface area contributed by atoms with Crippen molar-refractivity contribution < 1.29 is 51.0 Å². The topological polar surface area (TPSA) is 156 Å². The number of ether oxygens (including phenoxy) is 5. The van der Waals surface area contributed by atoms with Crippen LogP contribution in [0.15, 0.2) is 0 Å². The van der Waals surface area contributed by atoms with Crippen LogP contribution >= 0.6 is 0 Å². The van der Waals surface area contributed by atoms with E-state index in [9.17, 15) is 23.1 Å². The third kappa shape index (κ3) is 5.66. The van der Waals surface area contributed by atoms with Gasteiger partial charge in [-0.3, -0.25) is 8.98 Å². The fraction of sp³-hybridized carbons (Fsp3) is 0.882. The van der Waals surface area contributed by atoms with Crippen LogP contribution in [0, 0.1) is 0 Å². The number of nitrogens with one attached hydrogen (secondary N) is 1. The molecule has 30 heavy (non-hydrogen) atoms. The molecule has 2 saturated heterocycles. The molecule has 0 saturated carbocycles. The molecule has 2 aliphatic heterocycles. The second-order valence-corrected chi connectivity index (χ2v) is 9.26. The Balaban J connectivity index is 2.48. The Morgan fingerprint density at radius 3 is 2.30 bits per heavy atom. The van der Waals surface area contributed by atoms with Crippen LogP contribution in [0.5, 0.6) is 0 Å². The van der Waals surface area contributed by atoms with Gasteiger partial charge in [-0.05, 0) is 13.8 Å². The smallest absolute Gasteiger partial charge is 0.366 e. The number of hydrogen-bond acceptors (Lipinski definition) is 11. The molecule has 0 aromatic heterocycles. The molecule has 2 aliphatic rings. The van der Waals surface area contributed by atoms with E-state index in [0.29, 0.717) is 0 Å². The van der Waals surface area contributed by atoms with Gasteiger partial charge in [-0.1, -0.05) is 0 Å². The molecular weight excluding hydrogens is 426 g/mol. The summed E-state index contributed by atoms with van der Waals surface area (Å²) in [6.45, 7) is 4.50. The number of hydrogen-bond donors (Lipinski definition) is 2. The van der Waals surface area contributed by atoms with Crippen molar-refractivity contribution in [1.29, 1.82) is 0 Å². The highest BCUT2D eigenvalue weighted by Gasteiger charge is 2.58. The van der Waals surface area contributed by atoms with Crippen LogP contribution in [0.1, 0.15) is 27.2 Å². The first-order valence-corrected chi connectivity index (χ1v) is 11.0. The van der Waals surface area contributed by atoms with Gasteiger partial charge in [0.15, 0.2) is 5.79 Å². The SMILES string of the molecule is COC(=O)[C@@]1(OC)C[C@H](OS(C)(=O)=O)[C@@H](NC(C)=O)[C@H]([C@H](O)[C@H]2COC(C)(C)O2)O1. The van der Waals surface area contributed by atoms with Gasteiger partial charge >= 0.3 is 5.97 Å². The Morgan fingerprint density at radius 1 is 1.23 bits per heavy atom. The molecule has 2 heterocycles. The van der Waals surface area contributed by atoms with Crippen molar-refractivity contribution in [3.63, 3.8) is 0 Å². The monoisotopic (exact) mass is 455 g/mol. The minimum Gasteiger partial charge on any atom is -0.465 e. The number of esters is 1. The highest BCUT2D eigenvalue weighted by Crippen LogP contribution is 2.37. The van der Waals surface area contributed by atoms with Crippen molar-refractivity contribution in [1.82, 2.24) is 5.32 Å². The van der Waals surface area contributed by atoms with Gasteiger partial charge in [-0.15, -0.1) is 0 Å². The molecule has 0 aromatic rings. The zero-order valence-corrected chi connectivity index (χ0v) is 18.6. The van der Waals surface area contributed by atoms with Crippen LogP contribution < -0.4 is 5.32 Å². The molecule has 1 amide bonds. The maximum atomic E-state index is 12.5. The third-order valence-corrected chi connectivity index (χ3v) is 5.39. The van der Waals surface area contributed by atoms with E-state index in [-0.39, 0.29) is 6.61 Å². The van der Waals surface area contributed by atoms with Crippen molar-refractivity contribution in [2.45, 2.75) is 69.2 Å². The van der Waals surface area contributed by atoms with Crippen LogP contribution in [0.25, 0.3) is 0 Å². The first-order chi connectivity index (χ1) is 13.7. The molecule has 12 nitrogen and oxygen atoms in total. The molecule has 6 atom stereocenters. The quantitative estimate of drug-likeness (QED) is 0.346. The zero-order chi connectivity index (χ0) is 22.9. The highest BCUT2D eigenvalue weighted by atomic mass is 32.2. The lowest BCUT2D eigenvalue weighted by Crippen LogP contribution is -2.68. The van der Waals surface area contributed by atoms with E-state index in [4.69, 9.17) is 27.9 Å². The van der Waals surface area contributed by atoms with Gasteiger partial charge in [0.1, 0.15) is 24.4 Å².